The van der Waals surface area contributed by atoms with Gasteiger partial charge in [-0.2, -0.15) is 0 Å². The molecule has 0 bridgehead atoms. The lowest BCUT2D eigenvalue weighted by Gasteiger charge is -2.18. The lowest BCUT2D eigenvalue weighted by atomic mass is 9.95. The summed E-state index contributed by atoms with van der Waals surface area (Å²) >= 11 is 0. The Hall–Kier alpha value is -3.25. The zero-order valence-electron chi connectivity index (χ0n) is 17.1. The SMILES string of the molecule is CCOC(=O)c1c(NCCN(C)C)nnc(-c2ccccc2)c1-c1ccccc1. The fraction of sp³-hybridized carbons (Fsp3) is 0.261. The Labute approximate surface area is 171 Å². The minimum Gasteiger partial charge on any atom is -0.462 e. The summed E-state index contributed by atoms with van der Waals surface area (Å²) in [5.41, 5.74) is 3.56. The number of rotatable bonds is 8. The molecule has 0 spiro atoms. The van der Waals surface area contributed by atoms with Crippen molar-refractivity contribution in [2.75, 3.05) is 39.1 Å². The molecular formula is C23H26N4O2. The molecule has 6 nitrogen and oxygen atoms in total. The van der Waals surface area contributed by atoms with Crippen molar-refractivity contribution in [3.05, 3.63) is 66.2 Å². The maximum atomic E-state index is 13.0. The van der Waals surface area contributed by atoms with Crippen molar-refractivity contribution in [1.82, 2.24) is 15.1 Å². The number of nitrogens with zero attached hydrogens (tertiary/aromatic N) is 3. The lowest BCUT2D eigenvalue weighted by molar-refractivity contribution is 0.0528. The van der Waals surface area contributed by atoms with Gasteiger partial charge < -0.3 is 15.0 Å². The van der Waals surface area contributed by atoms with Gasteiger partial charge in [-0.25, -0.2) is 4.79 Å². The van der Waals surface area contributed by atoms with Gasteiger partial charge in [-0.3, -0.25) is 0 Å². The molecule has 0 atom stereocenters. The molecule has 1 aromatic heterocycles. The number of carbonyl (C=O) groups is 1. The number of esters is 1. The Morgan fingerprint density at radius 2 is 1.59 bits per heavy atom. The number of hydrogen-bond acceptors (Lipinski definition) is 6. The van der Waals surface area contributed by atoms with E-state index >= 15 is 0 Å². The fourth-order valence-corrected chi connectivity index (χ4v) is 3.04. The molecule has 150 valence electrons. The molecular weight excluding hydrogens is 364 g/mol. The van der Waals surface area contributed by atoms with Crippen LogP contribution in [0.1, 0.15) is 17.3 Å². The van der Waals surface area contributed by atoms with Crippen LogP contribution in [-0.2, 0) is 4.74 Å². The molecule has 0 amide bonds. The van der Waals surface area contributed by atoms with Gasteiger partial charge in [0.05, 0.1) is 6.61 Å². The molecule has 0 unspecified atom stereocenters. The van der Waals surface area contributed by atoms with Gasteiger partial charge in [0.15, 0.2) is 5.82 Å². The van der Waals surface area contributed by atoms with Gasteiger partial charge in [-0.05, 0) is 26.6 Å². The first-order chi connectivity index (χ1) is 14.1. The number of aromatic nitrogens is 2. The number of benzene rings is 2. The number of likely N-dealkylation sites (N-methyl/N-ethyl adjacent to an activating group) is 1. The molecule has 2 aromatic carbocycles. The number of anilines is 1. The third-order valence-corrected chi connectivity index (χ3v) is 4.41. The van der Waals surface area contributed by atoms with Crippen LogP contribution in [0.4, 0.5) is 5.82 Å². The summed E-state index contributed by atoms with van der Waals surface area (Å²) in [5, 5.41) is 12.1. The van der Waals surface area contributed by atoms with Crippen LogP contribution in [0.5, 0.6) is 0 Å². The van der Waals surface area contributed by atoms with Crippen molar-refractivity contribution in [3.8, 4) is 22.4 Å². The third kappa shape index (κ3) is 4.97. The fourth-order valence-electron chi connectivity index (χ4n) is 3.04. The molecule has 1 heterocycles. The second-order valence-electron chi connectivity index (χ2n) is 6.83. The Morgan fingerprint density at radius 3 is 2.17 bits per heavy atom. The highest BCUT2D eigenvalue weighted by molar-refractivity contribution is 6.05. The van der Waals surface area contributed by atoms with E-state index in [2.05, 4.69) is 20.4 Å². The summed E-state index contributed by atoms with van der Waals surface area (Å²) in [6.45, 7) is 3.51. The molecule has 0 aliphatic heterocycles. The molecule has 0 saturated carbocycles. The number of ether oxygens (including phenoxy) is 1. The van der Waals surface area contributed by atoms with Crippen LogP contribution in [0.25, 0.3) is 22.4 Å². The predicted octanol–water partition coefficient (Wildman–Crippen LogP) is 3.96. The van der Waals surface area contributed by atoms with E-state index in [0.717, 1.165) is 23.2 Å². The van der Waals surface area contributed by atoms with Crippen molar-refractivity contribution in [2.45, 2.75) is 6.92 Å². The van der Waals surface area contributed by atoms with Crippen molar-refractivity contribution < 1.29 is 9.53 Å². The van der Waals surface area contributed by atoms with Crippen LogP contribution in [0.3, 0.4) is 0 Å². The Bertz CT molecular complexity index is 944. The largest absolute Gasteiger partial charge is 0.462 e. The first-order valence-electron chi connectivity index (χ1n) is 9.69. The third-order valence-electron chi connectivity index (χ3n) is 4.41. The zero-order chi connectivity index (χ0) is 20.6. The maximum absolute atomic E-state index is 13.0. The van der Waals surface area contributed by atoms with E-state index in [4.69, 9.17) is 4.74 Å². The average molecular weight is 390 g/mol. The van der Waals surface area contributed by atoms with Gasteiger partial charge in [0.1, 0.15) is 11.3 Å². The normalized spacial score (nSPS) is 10.8. The monoisotopic (exact) mass is 390 g/mol. The maximum Gasteiger partial charge on any atom is 0.342 e. The molecule has 0 saturated heterocycles. The van der Waals surface area contributed by atoms with E-state index in [9.17, 15) is 4.79 Å². The summed E-state index contributed by atoms with van der Waals surface area (Å²) in [6.07, 6.45) is 0. The Kier molecular flexibility index (Phi) is 6.92. The number of carbonyl (C=O) groups excluding carboxylic acids is 1. The quantitative estimate of drug-likeness (QED) is 0.587. The summed E-state index contributed by atoms with van der Waals surface area (Å²) in [6, 6.07) is 19.5. The highest BCUT2D eigenvalue weighted by Gasteiger charge is 2.25. The molecule has 0 fully saturated rings. The molecule has 0 aliphatic carbocycles. The molecule has 6 heteroatoms. The molecule has 3 aromatic rings. The highest BCUT2D eigenvalue weighted by atomic mass is 16.5. The van der Waals surface area contributed by atoms with Crippen molar-refractivity contribution in [3.63, 3.8) is 0 Å². The summed E-state index contributed by atoms with van der Waals surface area (Å²) < 4.78 is 5.39. The van der Waals surface area contributed by atoms with Gasteiger partial charge in [0, 0.05) is 24.2 Å². The number of nitrogens with one attached hydrogen (secondary N) is 1. The van der Waals surface area contributed by atoms with E-state index < -0.39 is 5.97 Å². The Balaban J connectivity index is 2.21. The van der Waals surface area contributed by atoms with E-state index in [1.54, 1.807) is 6.92 Å². The molecule has 29 heavy (non-hydrogen) atoms. The van der Waals surface area contributed by atoms with Gasteiger partial charge in [-0.15, -0.1) is 10.2 Å². The standard InChI is InChI=1S/C23H26N4O2/c1-4-29-23(28)20-19(17-11-7-5-8-12-17)21(18-13-9-6-10-14-18)25-26-22(20)24-15-16-27(2)3/h5-14H,4,15-16H2,1-3H3,(H,24,26). The minimum absolute atomic E-state index is 0.285. The van der Waals surface area contributed by atoms with Crippen LogP contribution in [0.15, 0.2) is 60.7 Å². The molecule has 1 N–H and O–H groups in total. The second-order valence-corrected chi connectivity index (χ2v) is 6.83. The summed E-state index contributed by atoms with van der Waals surface area (Å²) in [4.78, 5) is 15.1. The van der Waals surface area contributed by atoms with Crippen LogP contribution in [0, 0.1) is 0 Å². The van der Waals surface area contributed by atoms with Gasteiger partial charge in [-0.1, -0.05) is 60.7 Å². The van der Waals surface area contributed by atoms with E-state index in [0.29, 0.717) is 23.6 Å². The lowest BCUT2D eigenvalue weighted by Crippen LogP contribution is -2.23. The van der Waals surface area contributed by atoms with Gasteiger partial charge in [0.2, 0.25) is 0 Å². The molecule has 3 rings (SSSR count). The van der Waals surface area contributed by atoms with Gasteiger partial charge >= 0.3 is 5.97 Å². The van der Waals surface area contributed by atoms with Crippen LogP contribution < -0.4 is 5.32 Å². The summed E-state index contributed by atoms with van der Waals surface area (Å²) in [5.74, 6) is 0.0228. The van der Waals surface area contributed by atoms with Crippen molar-refractivity contribution in [1.29, 1.82) is 0 Å². The molecule has 0 aliphatic rings. The van der Waals surface area contributed by atoms with Crippen LogP contribution >= 0.6 is 0 Å². The van der Waals surface area contributed by atoms with Gasteiger partial charge in [0.25, 0.3) is 0 Å². The second kappa shape index (κ2) is 9.80. The van der Waals surface area contributed by atoms with E-state index in [1.807, 2.05) is 74.8 Å². The van der Waals surface area contributed by atoms with Crippen molar-refractivity contribution >= 4 is 11.8 Å². The van der Waals surface area contributed by atoms with E-state index in [-0.39, 0.29) is 6.61 Å². The number of hydrogen-bond donors (Lipinski definition) is 1. The molecule has 0 radical (unpaired) electrons. The average Bonchev–Trinajstić information content (AvgIpc) is 2.74. The van der Waals surface area contributed by atoms with Crippen molar-refractivity contribution in [2.24, 2.45) is 0 Å². The predicted molar refractivity (Wildman–Crippen MR) is 116 cm³/mol. The first-order valence-corrected chi connectivity index (χ1v) is 9.69. The Morgan fingerprint density at radius 1 is 0.966 bits per heavy atom. The smallest absolute Gasteiger partial charge is 0.342 e. The topological polar surface area (TPSA) is 67.3 Å². The van der Waals surface area contributed by atoms with Crippen LogP contribution in [0.2, 0.25) is 0 Å². The first kappa shape index (κ1) is 20.5. The zero-order valence-corrected chi connectivity index (χ0v) is 17.1. The highest BCUT2D eigenvalue weighted by Crippen LogP contribution is 2.36. The minimum atomic E-state index is -0.411. The summed E-state index contributed by atoms with van der Waals surface area (Å²) in [7, 11) is 3.99. The van der Waals surface area contributed by atoms with Crippen LogP contribution in [-0.4, -0.2) is 54.9 Å². The van der Waals surface area contributed by atoms with E-state index in [1.165, 1.54) is 0 Å².